The molecule has 0 radical (unpaired) electrons. The van der Waals surface area contributed by atoms with Crippen molar-refractivity contribution in [1.82, 2.24) is 10.6 Å². The molecule has 18 heavy (non-hydrogen) atoms. The fourth-order valence-corrected chi connectivity index (χ4v) is 1.53. The molecule has 0 bridgehead atoms. The van der Waals surface area contributed by atoms with Crippen LogP contribution in [-0.2, 0) is 4.79 Å². The van der Waals surface area contributed by atoms with Crippen LogP contribution in [0.15, 0.2) is 5.16 Å². The maximum Gasteiger partial charge on any atom is 0.236 e. The third-order valence-corrected chi connectivity index (χ3v) is 2.97. The Morgan fingerprint density at radius 1 is 1.50 bits per heavy atom. The van der Waals surface area contributed by atoms with Gasteiger partial charge in [-0.25, -0.2) is 0 Å². The molecule has 0 aliphatic carbocycles. The molecular formula is C12H26N4O2. The number of nitrogens with one attached hydrogen (secondary N) is 2. The molecule has 0 saturated carbocycles. The zero-order valence-electron chi connectivity index (χ0n) is 11.8. The Morgan fingerprint density at radius 2 is 2.11 bits per heavy atom. The first-order valence-corrected chi connectivity index (χ1v) is 6.34. The number of nitrogens with two attached hydrogens (primary N) is 1. The topological polar surface area (TPSA) is 99.7 Å². The molecule has 0 aliphatic rings. The number of amidine groups is 1. The van der Waals surface area contributed by atoms with Crippen molar-refractivity contribution in [2.24, 2.45) is 16.3 Å². The van der Waals surface area contributed by atoms with Gasteiger partial charge in [-0.1, -0.05) is 19.0 Å². The first kappa shape index (κ1) is 16.7. The SMILES string of the molecule is CCNC(=O)C(C)NCCCC(C)(C)C(N)=NO. The normalized spacial score (nSPS) is 14.3. The lowest BCUT2D eigenvalue weighted by atomic mass is 9.86. The molecule has 1 atom stereocenters. The van der Waals surface area contributed by atoms with Crippen molar-refractivity contribution >= 4 is 11.7 Å². The maximum absolute atomic E-state index is 11.4. The van der Waals surface area contributed by atoms with Crippen molar-refractivity contribution in [2.75, 3.05) is 13.1 Å². The molecule has 6 nitrogen and oxygen atoms in total. The summed E-state index contributed by atoms with van der Waals surface area (Å²) in [5.74, 6) is 0.243. The van der Waals surface area contributed by atoms with Gasteiger partial charge in [0, 0.05) is 12.0 Å². The molecule has 0 spiro atoms. The third kappa shape index (κ3) is 5.86. The van der Waals surface area contributed by atoms with Crippen LogP contribution in [0.2, 0.25) is 0 Å². The Bertz CT molecular complexity index is 290. The highest BCUT2D eigenvalue weighted by Gasteiger charge is 2.23. The van der Waals surface area contributed by atoms with Crippen molar-refractivity contribution in [3.8, 4) is 0 Å². The summed E-state index contributed by atoms with van der Waals surface area (Å²) in [4.78, 5) is 11.4. The van der Waals surface area contributed by atoms with Crippen LogP contribution in [0.5, 0.6) is 0 Å². The van der Waals surface area contributed by atoms with Gasteiger partial charge in [0.1, 0.15) is 5.84 Å². The second kappa shape index (κ2) is 7.92. The van der Waals surface area contributed by atoms with Gasteiger partial charge in [0.15, 0.2) is 0 Å². The van der Waals surface area contributed by atoms with E-state index in [0.29, 0.717) is 6.54 Å². The average Bonchev–Trinajstić information content (AvgIpc) is 2.33. The minimum absolute atomic E-state index is 0.00759. The molecule has 0 aliphatic heterocycles. The highest BCUT2D eigenvalue weighted by molar-refractivity contribution is 5.85. The highest BCUT2D eigenvalue weighted by atomic mass is 16.4. The smallest absolute Gasteiger partial charge is 0.236 e. The number of carbonyl (C=O) groups excluding carboxylic acids is 1. The van der Waals surface area contributed by atoms with Crippen LogP contribution in [0.4, 0.5) is 0 Å². The summed E-state index contributed by atoms with van der Waals surface area (Å²) in [6.45, 7) is 8.94. The van der Waals surface area contributed by atoms with Gasteiger partial charge in [-0.3, -0.25) is 4.79 Å². The Hall–Kier alpha value is -1.30. The van der Waals surface area contributed by atoms with Gasteiger partial charge in [0.2, 0.25) is 5.91 Å². The zero-order chi connectivity index (χ0) is 14.2. The molecule has 0 rings (SSSR count). The molecule has 0 aromatic rings. The predicted octanol–water partition coefficient (Wildman–Crippen LogP) is 0.653. The Balaban J connectivity index is 3.90. The number of oxime groups is 1. The molecule has 1 amide bonds. The molecular weight excluding hydrogens is 232 g/mol. The summed E-state index contributed by atoms with van der Waals surface area (Å²) in [5.41, 5.74) is 5.27. The van der Waals surface area contributed by atoms with Gasteiger partial charge in [0.05, 0.1) is 6.04 Å². The Morgan fingerprint density at radius 3 is 2.61 bits per heavy atom. The first-order valence-electron chi connectivity index (χ1n) is 6.34. The lowest BCUT2D eigenvalue weighted by Crippen LogP contribution is -2.42. The summed E-state index contributed by atoms with van der Waals surface area (Å²) >= 11 is 0. The van der Waals surface area contributed by atoms with E-state index in [0.717, 1.165) is 19.4 Å². The molecule has 0 aromatic carbocycles. The number of likely N-dealkylation sites (N-methyl/N-ethyl adjacent to an activating group) is 1. The van der Waals surface area contributed by atoms with Crippen molar-refractivity contribution in [3.05, 3.63) is 0 Å². The fraction of sp³-hybridized carbons (Fsp3) is 0.833. The molecule has 0 aromatic heterocycles. The van der Waals surface area contributed by atoms with Crippen molar-refractivity contribution in [1.29, 1.82) is 0 Å². The van der Waals surface area contributed by atoms with Gasteiger partial charge in [-0.05, 0) is 33.2 Å². The number of rotatable bonds is 8. The molecule has 106 valence electrons. The molecule has 0 saturated heterocycles. The number of nitrogens with zero attached hydrogens (tertiary/aromatic N) is 1. The zero-order valence-corrected chi connectivity index (χ0v) is 11.8. The van der Waals surface area contributed by atoms with Gasteiger partial charge < -0.3 is 21.6 Å². The van der Waals surface area contributed by atoms with E-state index in [1.165, 1.54) is 0 Å². The summed E-state index contributed by atoms with van der Waals surface area (Å²) in [6, 6.07) is -0.197. The quantitative estimate of drug-likeness (QED) is 0.169. The van der Waals surface area contributed by atoms with E-state index in [4.69, 9.17) is 10.9 Å². The van der Waals surface area contributed by atoms with E-state index in [9.17, 15) is 4.79 Å². The van der Waals surface area contributed by atoms with E-state index in [1.807, 2.05) is 27.7 Å². The summed E-state index contributed by atoms with van der Waals surface area (Å²) < 4.78 is 0. The van der Waals surface area contributed by atoms with Gasteiger partial charge in [-0.15, -0.1) is 0 Å². The van der Waals surface area contributed by atoms with Crippen LogP contribution in [0.25, 0.3) is 0 Å². The van der Waals surface area contributed by atoms with Gasteiger partial charge in [-0.2, -0.15) is 0 Å². The monoisotopic (exact) mass is 258 g/mol. The van der Waals surface area contributed by atoms with E-state index in [2.05, 4.69) is 15.8 Å². The minimum Gasteiger partial charge on any atom is -0.409 e. The van der Waals surface area contributed by atoms with E-state index in [-0.39, 0.29) is 23.2 Å². The largest absolute Gasteiger partial charge is 0.409 e. The molecule has 6 heteroatoms. The van der Waals surface area contributed by atoms with Crippen LogP contribution in [0.1, 0.15) is 40.5 Å². The predicted molar refractivity (Wildman–Crippen MR) is 72.6 cm³/mol. The Kier molecular flexibility index (Phi) is 7.35. The molecule has 0 heterocycles. The summed E-state index contributed by atoms with van der Waals surface area (Å²) in [6.07, 6.45) is 1.64. The Labute approximate surface area is 109 Å². The highest BCUT2D eigenvalue weighted by Crippen LogP contribution is 2.21. The van der Waals surface area contributed by atoms with Gasteiger partial charge >= 0.3 is 0 Å². The maximum atomic E-state index is 11.4. The lowest BCUT2D eigenvalue weighted by Gasteiger charge is -2.23. The number of carbonyl (C=O) groups is 1. The fourth-order valence-electron chi connectivity index (χ4n) is 1.53. The molecule has 5 N–H and O–H groups in total. The number of amides is 1. The van der Waals surface area contributed by atoms with Crippen molar-refractivity contribution < 1.29 is 10.0 Å². The second-order valence-electron chi connectivity index (χ2n) is 5.04. The van der Waals surface area contributed by atoms with E-state index in [1.54, 1.807) is 0 Å². The molecule has 0 fully saturated rings. The lowest BCUT2D eigenvalue weighted by molar-refractivity contribution is -0.122. The van der Waals surface area contributed by atoms with Crippen molar-refractivity contribution in [3.63, 3.8) is 0 Å². The number of hydrogen-bond donors (Lipinski definition) is 4. The van der Waals surface area contributed by atoms with Crippen molar-refractivity contribution in [2.45, 2.75) is 46.6 Å². The molecule has 1 unspecified atom stereocenters. The van der Waals surface area contributed by atoms with Crippen LogP contribution in [-0.4, -0.2) is 36.1 Å². The first-order chi connectivity index (χ1) is 8.35. The van der Waals surface area contributed by atoms with Crippen LogP contribution < -0.4 is 16.4 Å². The van der Waals surface area contributed by atoms with Gasteiger partial charge in [0.25, 0.3) is 0 Å². The van der Waals surface area contributed by atoms with Crippen LogP contribution in [0, 0.1) is 5.41 Å². The van der Waals surface area contributed by atoms with Crippen LogP contribution >= 0.6 is 0 Å². The minimum atomic E-state index is -0.328. The number of hydrogen-bond acceptors (Lipinski definition) is 4. The van der Waals surface area contributed by atoms with Crippen LogP contribution in [0.3, 0.4) is 0 Å². The standard InChI is InChI=1S/C12H26N4O2/c1-5-14-10(17)9(2)15-8-6-7-12(3,4)11(13)16-18/h9,15,18H,5-8H2,1-4H3,(H2,13,16)(H,14,17). The third-order valence-electron chi connectivity index (χ3n) is 2.97. The average molecular weight is 258 g/mol. The van der Waals surface area contributed by atoms with E-state index < -0.39 is 0 Å². The summed E-state index contributed by atoms with van der Waals surface area (Å²) in [5, 5.41) is 17.6. The van der Waals surface area contributed by atoms with E-state index >= 15 is 0 Å². The summed E-state index contributed by atoms with van der Waals surface area (Å²) in [7, 11) is 0. The second-order valence-corrected chi connectivity index (χ2v) is 5.04.